The summed E-state index contributed by atoms with van der Waals surface area (Å²) in [6.45, 7) is 3.24. The summed E-state index contributed by atoms with van der Waals surface area (Å²) in [4.78, 5) is 20.1. The number of para-hydroxylation sites is 1. The van der Waals surface area contributed by atoms with Gasteiger partial charge in [-0.2, -0.15) is 10.1 Å². The van der Waals surface area contributed by atoms with Gasteiger partial charge in [0.25, 0.3) is 5.91 Å². The van der Waals surface area contributed by atoms with E-state index in [0.29, 0.717) is 36.1 Å². The molecule has 2 aromatic carbocycles. The lowest BCUT2D eigenvalue weighted by Crippen LogP contribution is -2.39. The molecule has 1 saturated heterocycles. The van der Waals surface area contributed by atoms with Crippen LogP contribution in [0.1, 0.15) is 58.4 Å². The third-order valence-corrected chi connectivity index (χ3v) is 7.06. The highest BCUT2D eigenvalue weighted by Gasteiger charge is 2.34. The second-order valence-corrected chi connectivity index (χ2v) is 9.38. The summed E-state index contributed by atoms with van der Waals surface area (Å²) in [5.41, 5.74) is 5.51. The smallest absolute Gasteiger partial charge is 0.274 e. The number of piperidine rings is 1. The maximum Gasteiger partial charge on any atom is 0.274 e. The molecular formula is C27H26FN5O2. The predicted molar refractivity (Wildman–Crippen MR) is 128 cm³/mol. The van der Waals surface area contributed by atoms with E-state index in [1.54, 1.807) is 12.1 Å². The van der Waals surface area contributed by atoms with Crippen LogP contribution in [0.3, 0.4) is 0 Å². The number of rotatable bonds is 4. The first kappa shape index (κ1) is 21.7. The average molecular weight is 472 g/mol. The third kappa shape index (κ3) is 3.92. The fourth-order valence-electron chi connectivity index (χ4n) is 5.27. The number of nitrogens with zero attached hydrogens (tertiary/aromatic N) is 5. The van der Waals surface area contributed by atoms with Crippen LogP contribution in [0.5, 0.6) is 0 Å². The van der Waals surface area contributed by atoms with Gasteiger partial charge < -0.3 is 9.42 Å². The van der Waals surface area contributed by atoms with Crippen molar-refractivity contribution in [2.75, 3.05) is 13.1 Å². The average Bonchev–Trinajstić information content (AvgIpc) is 3.61. The number of benzene rings is 2. The predicted octanol–water partition coefficient (Wildman–Crippen LogP) is 4.88. The van der Waals surface area contributed by atoms with Crippen LogP contribution in [0.4, 0.5) is 4.39 Å². The first-order valence-electron chi connectivity index (χ1n) is 12.1. The van der Waals surface area contributed by atoms with Gasteiger partial charge in [-0.05, 0) is 62.8 Å². The van der Waals surface area contributed by atoms with Gasteiger partial charge in [0.1, 0.15) is 5.82 Å². The van der Waals surface area contributed by atoms with Crippen molar-refractivity contribution in [3.63, 3.8) is 0 Å². The summed E-state index contributed by atoms with van der Waals surface area (Å²) in [5, 5.41) is 8.88. The normalized spacial score (nSPS) is 17.5. The monoisotopic (exact) mass is 471 g/mol. The van der Waals surface area contributed by atoms with Gasteiger partial charge in [0.05, 0.1) is 11.6 Å². The number of hydrogen-bond acceptors (Lipinski definition) is 5. The minimum Gasteiger partial charge on any atom is -0.339 e. The van der Waals surface area contributed by atoms with Gasteiger partial charge in [0.15, 0.2) is 5.69 Å². The molecule has 4 aromatic rings. The van der Waals surface area contributed by atoms with Crippen LogP contribution in [-0.4, -0.2) is 43.8 Å². The number of halogens is 1. The SMILES string of the molecule is Cc1ccccc1-n1nc(C(=O)N2CCCC(c3nc(-c4cccc(F)c4)no3)C2)c2c1CCC2. The second kappa shape index (κ2) is 8.76. The number of aromatic nitrogens is 4. The molecule has 3 heterocycles. The van der Waals surface area contributed by atoms with E-state index in [-0.39, 0.29) is 17.6 Å². The largest absolute Gasteiger partial charge is 0.339 e. The van der Waals surface area contributed by atoms with Crippen LogP contribution < -0.4 is 0 Å². The highest BCUT2D eigenvalue weighted by molar-refractivity contribution is 5.94. The number of likely N-dealkylation sites (tertiary alicyclic amines) is 1. The number of hydrogen-bond donors (Lipinski definition) is 0. The zero-order chi connectivity index (χ0) is 23.9. The van der Waals surface area contributed by atoms with Crippen molar-refractivity contribution in [2.24, 2.45) is 0 Å². The van der Waals surface area contributed by atoms with Gasteiger partial charge in [-0.1, -0.05) is 35.5 Å². The van der Waals surface area contributed by atoms with Gasteiger partial charge in [-0.3, -0.25) is 4.79 Å². The molecule has 1 unspecified atom stereocenters. The Labute approximate surface area is 202 Å². The maximum absolute atomic E-state index is 13.7. The van der Waals surface area contributed by atoms with Crippen LogP contribution in [-0.2, 0) is 12.8 Å². The van der Waals surface area contributed by atoms with Gasteiger partial charge in [0, 0.05) is 29.9 Å². The standard InChI is InChI=1S/C27H26FN5O2/c1-17-7-2-3-12-22(17)33-23-13-5-11-21(23)24(30-33)27(34)32-14-6-9-19(16-32)26-29-25(31-35-26)18-8-4-10-20(28)15-18/h2-4,7-8,10,12,15,19H,5-6,9,11,13-14,16H2,1H3. The van der Waals surface area contributed by atoms with Gasteiger partial charge in [0.2, 0.25) is 11.7 Å². The van der Waals surface area contributed by atoms with E-state index in [1.807, 2.05) is 21.7 Å². The second-order valence-electron chi connectivity index (χ2n) is 9.38. The lowest BCUT2D eigenvalue weighted by Gasteiger charge is -2.30. The van der Waals surface area contributed by atoms with E-state index in [4.69, 9.17) is 9.62 Å². The molecule has 0 radical (unpaired) electrons. The maximum atomic E-state index is 13.7. The topological polar surface area (TPSA) is 77.1 Å². The Hall–Kier alpha value is -3.81. The van der Waals surface area contributed by atoms with E-state index in [1.165, 1.54) is 12.1 Å². The third-order valence-electron chi connectivity index (χ3n) is 7.06. The number of fused-ring (bicyclic) bond motifs is 1. The molecule has 1 aliphatic carbocycles. The highest BCUT2D eigenvalue weighted by atomic mass is 19.1. The van der Waals surface area contributed by atoms with Crippen molar-refractivity contribution < 1.29 is 13.7 Å². The van der Waals surface area contributed by atoms with Crippen molar-refractivity contribution in [1.82, 2.24) is 24.8 Å². The minimum atomic E-state index is -0.346. The summed E-state index contributed by atoms with van der Waals surface area (Å²) in [5.74, 6) is 0.398. The molecule has 0 spiro atoms. The van der Waals surface area contributed by atoms with Crippen molar-refractivity contribution in [3.05, 3.63) is 82.8 Å². The molecular weight excluding hydrogens is 445 g/mol. The Morgan fingerprint density at radius 1 is 1.11 bits per heavy atom. The molecule has 1 atom stereocenters. The molecule has 2 aliphatic rings. The van der Waals surface area contributed by atoms with Crippen molar-refractivity contribution in [1.29, 1.82) is 0 Å². The Balaban J connectivity index is 1.25. The summed E-state index contributed by atoms with van der Waals surface area (Å²) >= 11 is 0. The zero-order valence-corrected chi connectivity index (χ0v) is 19.6. The van der Waals surface area contributed by atoms with Crippen molar-refractivity contribution >= 4 is 5.91 Å². The number of aryl methyl sites for hydroxylation is 1. The quantitative estimate of drug-likeness (QED) is 0.424. The van der Waals surface area contributed by atoms with E-state index in [9.17, 15) is 9.18 Å². The number of amides is 1. The molecule has 1 fully saturated rings. The van der Waals surface area contributed by atoms with Crippen molar-refractivity contribution in [2.45, 2.75) is 44.9 Å². The van der Waals surface area contributed by atoms with Gasteiger partial charge in [-0.15, -0.1) is 0 Å². The molecule has 0 saturated carbocycles. The Morgan fingerprint density at radius 3 is 2.86 bits per heavy atom. The first-order chi connectivity index (χ1) is 17.1. The van der Waals surface area contributed by atoms with Crippen LogP contribution in [0.2, 0.25) is 0 Å². The van der Waals surface area contributed by atoms with Crippen molar-refractivity contribution in [3.8, 4) is 17.1 Å². The molecule has 0 N–H and O–H groups in total. The lowest BCUT2D eigenvalue weighted by molar-refractivity contribution is 0.0688. The highest BCUT2D eigenvalue weighted by Crippen LogP contribution is 2.32. The number of carbonyl (C=O) groups is 1. The van der Waals surface area contributed by atoms with Gasteiger partial charge in [-0.25, -0.2) is 9.07 Å². The first-order valence-corrected chi connectivity index (χ1v) is 12.1. The molecule has 2 aromatic heterocycles. The zero-order valence-electron chi connectivity index (χ0n) is 19.6. The van der Waals surface area contributed by atoms with E-state index in [2.05, 4.69) is 29.2 Å². The summed E-state index contributed by atoms with van der Waals surface area (Å²) in [6, 6.07) is 14.3. The minimum absolute atomic E-state index is 0.0370. The van der Waals surface area contributed by atoms with E-state index < -0.39 is 0 Å². The fraction of sp³-hybridized carbons (Fsp3) is 0.333. The fourth-order valence-corrected chi connectivity index (χ4v) is 5.27. The van der Waals surface area contributed by atoms with Gasteiger partial charge >= 0.3 is 0 Å². The molecule has 7 nitrogen and oxygen atoms in total. The van der Waals surface area contributed by atoms with Crippen LogP contribution in [0, 0.1) is 12.7 Å². The summed E-state index contributed by atoms with van der Waals surface area (Å²) in [6.07, 6.45) is 4.53. The summed E-state index contributed by atoms with van der Waals surface area (Å²) in [7, 11) is 0. The molecule has 1 aliphatic heterocycles. The molecule has 8 heteroatoms. The summed E-state index contributed by atoms with van der Waals surface area (Å²) < 4.78 is 21.1. The lowest BCUT2D eigenvalue weighted by atomic mass is 9.97. The van der Waals surface area contributed by atoms with E-state index in [0.717, 1.165) is 54.6 Å². The molecule has 178 valence electrons. The molecule has 1 amide bonds. The van der Waals surface area contributed by atoms with Crippen LogP contribution in [0.25, 0.3) is 17.1 Å². The molecule has 0 bridgehead atoms. The van der Waals surface area contributed by atoms with Crippen LogP contribution in [0.15, 0.2) is 53.1 Å². The Bertz CT molecular complexity index is 1410. The molecule has 35 heavy (non-hydrogen) atoms. The van der Waals surface area contributed by atoms with Crippen LogP contribution >= 0.6 is 0 Å². The Kier molecular flexibility index (Phi) is 5.43. The Morgan fingerprint density at radius 2 is 2.00 bits per heavy atom. The van der Waals surface area contributed by atoms with E-state index >= 15 is 0 Å². The molecule has 6 rings (SSSR count). The number of carbonyl (C=O) groups excluding carboxylic acids is 1.